The molecule has 0 amide bonds. The molecule has 1 aromatic heterocycles. The summed E-state index contributed by atoms with van der Waals surface area (Å²) in [6, 6.07) is 1.82. The molecule has 1 aromatic rings. The minimum absolute atomic E-state index is 0.0395. The number of esters is 1. The van der Waals surface area contributed by atoms with Crippen LogP contribution in [0.3, 0.4) is 0 Å². The molecule has 5 heteroatoms. The lowest BCUT2D eigenvalue weighted by Gasteiger charge is -2.04. The van der Waals surface area contributed by atoms with Crippen LogP contribution in [-0.2, 0) is 9.53 Å². The molecule has 0 N–H and O–H groups in total. The molecule has 0 aliphatic rings. The van der Waals surface area contributed by atoms with E-state index in [0.29, 0.717) is 11.3 Å². The van der Waals surface area contributed by atoms with Crippen LogP contribution >= 0.6 is 0 Å². The van der Waals surface area contributed by atoms with Crippen molar-refractivity contribution in [3.63, 3.8) is 0 Å². The summed E-state index contributed by atoms with van der Waals surface area (Å²) in [6.45, 7) is 3.56. The highest BCUT2D eigenvalue weighted by Gasteiger charge is 2.15. The molecule has 0 aliphatic heterocycles. The Morgan fingerprint density at radius 2 is 2.31 bits per heavy atom. The molecule has 0 saturated carbocycles. The zero-order valence-corrected chi connectivity index (χ0v) is 9.10. The molecule has 0 fully saturated rings. The van der Waals surface area contributed by atoms with Gasteiger partial charge in [0.25, 0.3) is 0 Å². The molecule has 0 atom stereocenters. The van der Waals surface area contributed by atoms with Gasteiger partial charge < -0.3 is 4.74 Å². The highest BCUT2D eigenvalue weighted by molar-refractivity contribution is 6.00. The highest BCUT2D eigenvalue weighted by atomic mass is 16.5. The van der Waals surface area contributed by atoms with Crippen LogP contribution in [0.5, 0.6) is 0 Å². The smallest absolute Gasteiger partial charge is 0.349 e. The van der Waals surface area contributed by atoms with Gasteiger partial charge in [0, 0.05) is 18.0 Å². The van der Waals surface area contributed by atoms with Crippen molar-refractivity contribution < 1.29 is 9.53 Å². The number of allylic oxidation sites excluding steroid dienone is 1. The van der Waals surface area contributed by atoms with Crippen molar-refractivity contribution in [2.45, 2.75) is 13.8 Å². The van der Waals surface area contributed by atoms with Gasteiger partial charge in [0.05, 0.1) is 18.5 Å². The van der Waals surface area contributed by atoms with Gasteiger partial charge in [-0.05, 0) is 13.8 Å². The second-order valence-electron chi connectivity index (χ2n) is 2.92. The fourth-order valence-electron chi connectivity index (χ4n) is 1.11. The summed E-state index contributed by atoms with van der Waals surface area (Å²) in [4.78, 5) is 19.3. The maximum atomic E-state index is 11.4. The van der Waals surface area contributed by atoms with Gasteiger partial charge in [-0.15, -0.1) is 0 Å². The topological polar surface area (TPSA) is 75.9 Å². The van der Waals surface area contributed by atoms with E-state index in [1.54, 1.807) is 13.8 Å². The quantitative estimate of drug-likeness (QED) is 0.433. The van der Waals surface area contributed by atoms with Crippen molar-refractivity contribution in [2.75, 3.05) is 6.61 Å². The number of carbonyl (C=O) groups excluding carboxylic acids is 1. The maximum Gasteiger partial charge on any atom is 0.349 e. The van der Waals surface area contributed by atoms with Gasteiger partial charge in [-0.2, -0.15) is 5.26 Å². The first kappa shape index (κ1) is 11.9. The zero-order valence-electron chi connectivity index (χ0n) is 9.10. The Morgan fingerprint density at radius 1 is 1.56 bits per heavy atom. The Balaban J connectivity index is 3.11. The third-order valence-electron chi connectivity index (χ3n) is 1.91. The van der Waals surface area contributed by atoms with Crippen LogP contribution in [0.2, 0.25) is 0 Å². The van der Waals surface area contributed by atoms with E-state index in [2.05, 4.69) is 9.97 Å². The summed E-state index contributed by atoms with van der Waals surface area (Å²) in [5, 5.41) is 8.90. The van der Waals surface area contributed by atoms with Crippen molar-refractivity contribution in [1.82, 2.24) is 9.97 Å². The Hall–Kier alpha value is -2.22. The lowest BCUT2D eigenvalue weighted by molar-refractivity contribution is -0.137. The Kier molecular flexibility index (Phi) is 4.16. The van der Waals surface area contributed by atoms with E-state index in [4.69, 9.17) is 10.00 Å². The number of nitrogens with zero attached hydrogens (tertiary/aromatic N) is 3. The number of hydrogen-bond donors (Lipinski definition) is 0. The van der Waals surface area contributed by atoms with Crippen molar-refractivity contribution in [2.24, 2.45) is 0 Å². The second kappa shape index (κ2) is 5.61. The van der Waals surface area contributed by atoms with Gasteiger partial charge >= 0.3 is 5.97 Å². The molecule has 1 rings (SSSR count). The fourth-order valence-corrected chi connectivity index (χ4v) is 1.11. The van der Waals surface area contributed by atoms with Gasteiger partial charge in [-0.1, -0.05) is 0 Å². The first-order chi connectivity index (χ1) is 7.70. The van der Waals surface area contributed by atoms with Crippen molar-refractivity contribution in [3.05, 3.63) is 29.9 Å². The number of carbonyl (C=O) groups is 1. The van der Waals surface area contributed by atoms with E-state index in [-0.39, 0.29) is 12.2 Å². The maximum absolute atomic E-state index is 11.4. The first-order valence-corrected chi connectivity index (χ1v) is 4.75. The molecule has 0 saturated heterocycles. The summed E-state index contributed by atoms with van der Waals surface area (Å²) >= 11 is 0. The lowest BCUT2D eigenvalue weighted by Crippen LogP contribution is -2.08. The SMILES string of the molecule is CCOC(=O)C(C#N)=C(C)c1cnccn1. The van der Waals surface area contributed by atoms with Crippen LogP contribution in [-0.4, -0.2) is 22.5 Å². The van der Waals surface area contributed by atoms with Gasteiger partial charge in [0.2, 0.25) is 0 Å². The first-order valence-electron chi connectivity index (χ1n) is 4.75. The van der Waals surface area contributed by atoms with Crippen LogP contribution in [0.4, 0.5) is 0 Å². The van der Waals surface area contributed by atoms with Crippen molar-refractivity contribution in [3.8, 4) is 6.07 Å². The monoisotopic (exact) mass is 217 g/mol. The molecular formula is C11H11N3O2. The molecular weight excluding hydrogens is 206 g/mol. The highest BCUT2D eigenvalue weighted by Crippen LogP contribution is 2.15. The van der Waals surface area contributed by atoms with Gasteiger partial charge in [0.1, 0.15) is 11.6 Å². The Bertz CT molecular complexity index is 446. The van der Waals surface area contributed by atoms with Gasteiger partial charge in [0.15, 0.2) is 0 Å². The van der Waals surface area contributed by atoms with E-state index in [9.17, 15) is 4.79 Å². The molecule has 16 heavy (non-hydrogen) atoms. The van der Waals surface area contributed by atoms with Gasteiger partial charge in [-0.25, -0.2) is 4.79 Å². The minimum atomic E-state index is -0.631. The summed E-state index contributed by atoms with van der Waals surface area (Å²) in [7, 11) is 0. The predicted octanol–water partition coefficient (Wildman–Crippen LogP) is 1.34. The summed E-state index contributed by atoms with van der Waals surface area (Å²) in [5.41, 5.74) is 0.920. The van der Waals surface area contributed by atoms with E-state index >= 15 is 0 Å². The largest absolute Gasteiger partial charge is 0.462 e. The Labute approximate surface area is 93.4 Å². The number of ether oxygens (including phenoxy) is 1. The van der Waals surface area contributed by atoms with Gasteiger partial charge in [-0.3, -0.25) is 9.97 Å². The number of nitriles is 1. The number of hydrogen-bond acceptors (Lipinski definition) is 5. The molecule has 5 nitrogen and oxygen atoms in total. The van der Waals surface area contributed by atoms with Crippen molar-refractivity contribution >= 4 is 11.5 Å². The van der Waals surface area contributed by atoms with E-state index < -0.39 is 5.97 Å². The van der Waals surface area contributed by atoms with Crippen LogP contribution in [0.15, 0.2) is 24.2 Å². The summed E-state index contributed by atoms with van der Waals surface area (Å²) < 4.78 is 4.77. The predicted molar refractivity (Wildman–Crippen MR) is 56.9 cm³/mol. The number of aromatic nitrogens is 2. The lowest BCUT2D eigenvalue weighted by atomic mass is 10.1. The third kappa shape index (κ3) is 2.64. The normalized spacial score (nSPS) is 11.3. The second-order valence-corrected chi connectivity index (χ2v) is 2.92. The van der Waals surface area contributed by atoms with Crippen LogP contribution in [0, 0.1) is 11.3 Å². The van der Waals surface area contributed by atoms with E-state index in [0.717, 1.165) is 0 Å². The fraction of sp³-hybridized carbons (Fsp3) is 0.273. The van der Waals surface area contributed by atoms with E-state index in [1.807, 2.05) is 6.07 Å². The molecule has 1 heterocycles. The molecule has 0 spiro atoms. The zero-order chi connectivity index (χ0) is 12.0. The van der Waals surface area contributed by atoms with Crippen LogP contribution in [0.25, 0.3) is 5.57 Å². The minimum Gasteiger partial charge on any atom is -0.462 e. The molecule has 82 valence electrons. The average Bonchev–Trinajstić information content (AvgIpc) is 2.31. The number of rotatable bonds is 3. The van der Waals surface area contributed by atoms with Crippen LogP contribution < -0.4 is 0 Å². The average molecular weight is 217 g/mol. The Morgan fingerprint density at radius 3 is 2.81 bits per heavy atom. The summed E-state index contributed by atoms with van der Waals surface area (Å²) in [6.07, 6.45) is 4.51. The van der Waals surface area contributed by atoms with Crippen LogP contribution in [0.1, 0.15) is 19.5 Å². The summed E-state index contributed by atoms with van der Waals surface area (Å²) in [5.74, 6) is -0.631. The molecule has 0 radical (unpaired) electrons. The third-order valence-corrected chi connectivity index (χ3v) is 1.91. The van der Waals surface area contributed by atoms with Crippen molar-refractivity contribution in [1.29, 1.82) is 5.26 Å². The standard InChI is InChI=1S/C11H11N3O2/c1-3-16-11(15)9(6-12)8(2)10-7-13-4-5-14-10/h4-5,7H,3H2,1-2H3. The molecule has 0 unspecified atom stereocenters. The molecule has 0 aromatic carbocycles. The molecule has 0 bridgehead atoms. The molecule has 0 aliphatic carbocycles. The van der Waals surface area contributed by atoms with E-state index in [1.165, 1.54) is 18.6 Å².